The van der Waals surface area contributed by atoms with Crippen LogP contribution in [0, 0.1) is 0 Å². The minimum absolute atomic E-state index is 0.0242. The summed E-state index contributed by atoms with van der Waals surface area (Å²) >= 11 is 0. The van der Waals surface area contributed by atoms with Crippen LogP contribution in [0.15, 0.2) is 24.3 Å². The Kier molecular flexibility index (Phi) is 7.41. The van der Waals surface area contributed by atoms with Gasteiger partial charge in [-0.2, -0.15) is 13.2 Å². The number of esters is 1. The second kappa shape index (κ2) is 9.05. The molecule has 0 heterocycles. The zero-order valence-electron chi connectivity index (χ0n) is 13.4. The van der Waals surface area contributed by atoms with Crippen LogP contribution in [0.3, 0.4) is 0 Å². The molecular weight excluding hydrogens is 343 g/mol. The van der Waals surface area contributed by atoms with Crippen molar-refractivity contribution in [1.82, 2.24) is 5.32 Å². The van der Waals surface area contributed by atoms with Gasteiger partial charge in [0, 0.05) is 18.9 Å². The summed E-state index contributed by atoms with van der Waals surface area (Å²) in [7, 11) is 0. The lowest BCUT2D eigenvalue weighted by molar-refractivity contribution is -0.174. The highest BCUT2D eigenvalue weighted by atomic mass is 19.4. The van der Waals surface area contributed by atoms with Crippen LogP contribution in [0.4, 0.5) is 13.2 Å². The molecule has 0 aliphatic heterocycles. The summed E-state index contributed by atoms with van der Waals surface area (Å²) in [5.74, 6) is -3.42. The van der Waals surface area contributed by atoms with Crippen molar-refractivity contribution < 1.29 is 37.4 Å². The summed E-state index contributed by atoms with van der Waals surface area (Å²) in [6.07, 6.45) is -5.71. The summed E-state index contributed by atoms with van der Waals surface area (Å²) in [4.78, 5) is 33.7. The van der Waals surface area contributed by atoms with Crippen molar-refractivity contribution in [3.8, 4) is 5.75 Å². The van der Waals surface area contributed by atoms with Gasteiger partial charge in [-0.1, -0.05) is 12.1 Å². The fourth-order valence-corrected chi connectivity index (χ4v) is 1.99. The minimum Gasteiger partial charge on any atom is -0.508 e. The number of rotatable bonds is 8. The molecule has 6 nitrogen and oxygen atoms in total. The number of halogens is 3. The molecule has 0 bridgehead atoms. The highest BCUT2D eigenvalue weighted by molar-refractivity contribution is 5.84. The summed E-state index contributed by atoms with van der Waals surface area (Å²) in [6, 6.07) is 4.91. The molecule has 1 aromatic rings. The lowest BCUT2D eigenvalue weighted by Gasteiger charge is -2.17. The Morgan fingerprint density at radius 2 is 1.76 bits per heavy atom. The molecule has 0 spiro atoms. The number of hydrogen-bond donors (Lipinski definition) is 2. The highest BCUT2D eigenvalue weighted by Gasteiger charge is 2.40. The molecule has 1 atom stereocenters. The maximum Gasteiger partial charge on any atom is 0.471 e. The minimum atomic E-state index is -5.10. The smallest absolute Gasteiger partial charge is 0.471 e. The van der Waals surface area contributed by atoms with Crippen LogP contribution in [-0.2, 0) is 25.5 Å². The van der Waals surface area contributed by atoms with E-state index >= 15 is 0 Å². The first-order valence-corrected chi connectivity index (χ1v) is 7.38. The number of Topliss-reactive ketones (excluding diaryl/α,β-unsaturated/α-hetero) is 1. The van der Waals surface area contributed by atoms with Gasteiger partial charge in [-0.25, -0.2) is 0 Å². The molecule has 138 valence electrons. The topological polar surface area (TPSA) is 92.7 Å². The molecule has 0 saturated heterocycles. The molecule has 0 aliphatic carbocycles. The number of alkyl halides is 3. The molecule has 1 amide bonds. The monoisotopic (exact) mass is 361 g/mol. The second-order valence-electron chi connectivity index (χ2n) is 5.42. The number of carbonyl (C=O) groups excluding carboxylic acids is 3. The molecule has 0 aromatic heterocycles. The van der Waals surface area contributed by atoms with Gasteiger partial charge in [0.25, 0.3) is 0 Å². The second-order valence-corrected chi connectivity index (χ2v) is 5.42. The highest BCUT2D eigenvalue weighted by Crippen LogP contribution is 2.16. The van der Waals surface area contributed by atoms with Gasteiger partial charge in [0.05, 0.1) is 13.0 Å². The van der Waals surface area contributed by atoms with E-state index in [-0.39, 0.29) is 12.4 Å². The van der Waals surface area contributed by atoms with Gasteiger partial charge >= 0.3 is 18.1 Å². The Hall–Kier alpha value is -2.58. The van der Waals surface area contributed by atoms with E-state index in [1.54, 1.807) is 17.4 Å². The number of benzene rings is 1. The first-order valence-electron chi connectivity index (χ1n) is 7.38. The Labute approximate surface area is 142 Å². The third kappa shape index (κ3) is 8.18. The normalized spacial score (nSPS) is 12.3. The van der Waals surface area contributed by atoms with Crippen molar-refractivity contribution in [2.24, 2.45) is 0 Å². The van der Waals surface area contributed by atoms with E-state index in [4.69, 9.17) is 9.84 Å². The van der Waals surface area contributed by atoms with Gasteiger partial charge in [0.2, 0.25) is 0 Å². The van der Waals surface area contributed by atoms with E-state index in [0.29, 0.717) is 6.42 Å². The number of phenolic OH excluding ortho intramolecular Hbond substituents is 1. The maximum atomic E-state index is 12.3. The van der Waals surface area contributed by atoms with Crippen LogP contribution in [-0.4, -0.2) is 41.6 Å². The number of carbonyl (C=O) groups is 3. The molecule has 9 heteroatoms. The van der Waals surface area contributed by atoms with Gasteiger partial charge in [-0.05, 0) is 24.6 Å². The molecule has 25 heavy (non-hydrogen) atoms. The average Bonchev–Trinajstić information content (AvgIpc) is 2.47. The number of amides is 1. The van der Waals surface area contributed by atoms with Crippen LogP contribution in [0.25, 0.3) is 0 Å². The molecule has 1 aromatic carbocycles. The first kappa shape index (κ1) is 20.5. The summed E-state index contributed by atoms with van der Waals surface area (Å²) in [6.45, 7) is 1.12. The Morgan fingerprint density at radius 3 is 2.28 bits per heavy atom. The van der Waals surface area contributed by atoms with Gasteiger partial charge in [0.15, 0.2) is 0 Å². The zero-order chi connectivity index (χ0) is 19.0. The van der Waals surface area contributed by atoms with Crippen LogP contribution >= 0.6 is 0 Å². The fraction of sp³-hybridized carbons (Fsp3) is 0.438. The average molecular weight is 361 g/mol. The lowest BCUT2D eigenvalue weighted by atomic mass is 10.1. The van der Waals surface area contributed by atoms with E-state index in [9.17, 15) is 27.6 Å². The molecular formula is C16H18F3NO5. The summed E-state index contributed by atoms with van der Waals surface area (Å²) < 4.78 is 41.7. The van der Waals surface area contributed by atoms with Crippen LogP contribution < -0.4 is 5.32 Å². The standard InChI is InChI=1S/C16H18F3NO5/c1-10(21)8-12(20-15(24)16(17,18)19)9-14(23)25-7-6-11-2-4-13(22)5-3-11/h2-5,12,22H,6-9H2,1H3,(H,20,24). The van der Waals surface area contributed by atoms with E-state index < -0.39 is 42.7 Å². The van der Waals surface area contributed by atoms with E-state index in [1.807, 2.05) is 0 Å². The third-order valence-corrected chi connectivity index (χ3v) is 3.13. The van der Waals surface area contributed by atoms with Crippen molar-refractivity contribution in [3.63, 3.8) is 0 Å². The predicted octanol–water partition coefficient (Wildman–Crippen LogP) is 1.89. The number of hydrogen-bond acceptors (Lipinski definition) is 5. The number of nitrogens with one attached hydrogen (secondary N) is 1. The molecule has 1 unspecified atom stereocenters. The van der Waals surface area contributed by atoms with Crippen LogP contribution in [0.2, 0.25) is 0 Å². The van der Waals surface area contributed by atoms with Crippen molar-refractivity contribution >= 4 is 17.7 Å². The molecule has 1 rings (SSSR count). The van der Waals surface area contributed by atoms with Gasteiger partial charge < -0.3 is 15.2 Å². The quantitative estimate of drug-likeness (QED) is 0.690. The SMILES string of the molecule is CC(=O)CC(CC(=O)OCCc1ccc(O)cc1)NC(=O)C(F)(F)F. The number of ketones is 1. The van der Waals surface area contributed by atoms with Crippen molar-refractivity contribution in [2.75, 3.05) is 6.61 Å². The van der Waals surface area contributed by atoms with Crippen LogP contribution in [0.1, 0.15) is 25.3 Å². The first-order chi connectivity index (χ1) is 11.6. The van der Waals surface area contributed by atoms with E-state index in [0.717, 1.165) is 12.5 Å². The molecule has 0 saturated carbocycles. The number of phenols is 1. The maximum absolute atomic E-state index is 12.3. The molecule has 0 fully saturated rings. The summed E-state index contributed by atoms with van der Waals surface area (Å²) in [5, 5.41) is 10.8. The molecule has 0 aliphatic rings. The van der Waals surface area contributed by atoms with Gasteiger partial charge in [-0.3, -0.25) is 14.4 Å². The Morgan fingerprint density at radius 1 is 1.16 bits per heavy atom. The lowest BCUT2D eigenvalue weighted by Crippen LogP contribution is -2.44. The Balaban J connectivity index is 2.49. The largest absolute Gasteiger partial charge is 0.508 e. The van der Waals surface area contributed by atoms with E-state index in [1.165, 1.54) is 12.1 Å². The van der Waals surface area contributed by atoms with E-state index in [2.05, 4.69) is 0 Å². The van der Waals surface area contributed by atoms with Crippen molar-refractivity contribution in [1.29, 1.82) is 0 Å². The number of aromatic hydroxyl groups is 1. The zero-order valence-corrected chi connectivity index (χ0v) is 13.4. The van der Waals surface area contributed by atoms with Gasteiger partial charge in [-0.15, -0.1) is 0 Å². The number of ether oxygens (including phenoxy) is 1. The Bertz CT molecular complexity index is 613. The third-order valence-electron chi connectivity index (χ3n) is 3.13. The molecule has 0 radical (unpaired) electrons. The van der Waals surface area contributed by atoms with Crippen LogP contribution in [0.5, 0.6) is 5.75 Å². The molecule has 2 N–H and O–H groups in total. The van der Waals surface area contributed by atoms with Gasteiger partial charge in [0.1, 0.15) is 11.5 Å². The fourth-order valence-electron chi connectivity index (χ4n) is 1.99. The van der Waals surface area contributed by atoms with Crippen molar-refractivity contribution in [2.45, 2.75) is 38.4 Å². The predicted molar refractivity (Wildman–Crippen MR) is 80.7 cm³/mol. The van der Waals surface area contributed by atoms with Crippen molar-refractivity contribution in [3.05, 3.63) is 29.8 Å². The summed E-state index contributed by atoms with van der Waals surface area (Å²) in [5.41, 5.74) is 0.788.